The predicted octanol–water partition coefficient (Wildman–Crippen LogP) is 1.08. The number of primary amides is 1. The molecule has 3 N–H and O–H groups in total. The van der Waals surface area contributed by atoms with Crippen molar-refractivity contribution in [3.05, 3.63) is 0 Å². The molecule has 5 nitrogen and oxygen atoms in total. The number of nitrogens with one attached hydrogen (secondary N) is 1. The van der Waals surface area contributed by atoms with E-state index in [1.54, 1.807) is 0 Å². The molecule has 1 rings (SSSR count). The van der Waals surface area contributed by atoms with Gasteiger partial charge >= 0.3 is 6.03 Å². The molecule has 1 saturated carbocycles. The second-order valence-electron chi connectivity index (χ2n) is 5.06. The second-order valence-corrected chi connectivity index (χ2v) is 5.06. The fourth-order valence-electron chi connectivity index (χ4n) is 1.86. The summed E-state index contributed by atoms with van der Waals surface area (Å²) < 4.78 is 0. The molecule has 3 amide bonds. The van der Waals surface area contributed by atoms with E-state index in [-0.39, 0.29) is 11.9 Å². The van der Waals surface area contributed by atoms with E-state index in [4.69, 9.17) is 5.73 Å². The fraction of sp³-hybridized carbons (Fsp3) is 0.833. The van der Waals surface area contributed by atoms with E-state index in [1.165, 1.54) is 0 Å². The number of carbonyl (C=O) groups is 2. The lowest BCUT2D eigenvalue weighted by Gasteiger charge is -2.32. The van der Waals surface area contributed by atoms with Crippen LogP contribution in [-0.2, 0) is 4.79 Å². The Balaban J connectivity index is 2.46. The van der Waals surface area contributed by atoms with Crippen LogP contribution >= 0.6 is 0 Å². The molecular weight excluding hydrogens is 218 g/mol. The first-order valence-electron chi connectivity index (χ1n) is 6.28. The van der Waals surface area contributed by atoms with Crippen LogP contribution in [0.25, 0.3) is 0 Å². The monoisotopic (exact) mass is 241 g/mol. The Bertz CT molecular complexity index is 287. The molecule has 0 radical (unpaired) electrons. The third kappa shape index (κ3) is 4.24. The quantitative estimate of drug-likeness (QED) is 0.730. The first-order chi connectivity index (χ1) is 7.93. The van der Waals surface area contributed by atoms with Crippen LogP contribution in [-0.4, -0.2) is 35.5 Å². The van der Waals surface area contributed by atoms with Crippen molar-refractivity contribution in [2.75, 3.05) is 6.54 Å². The van der Waals surface area contributed by atoms with Crippen LogP contribution in [0.4, 0.5) is 4.79 Å². The Labute approximate surface area is 103 Å². The first kappa shape index (κ1) is 13.8. The number of nitrogens with two attached hydrogens (primary N) is 1. The van der Waals surface area contributed by atoms with Crippen LogP contribution in [0.5, 0.6) is 0 Å². The normalized spacial score (nSPS) is 16.7. The molecule has 0 bridgehead atoms. The van der Waals surface area contributed by atoms with Crippen molar-refractivity contribution >= 4 is 11.9 Å². The molecule has 0 aromatic carbocycles. The molecule has 1 fully saturated rings. The van der Waals surface area contributed by atoms with Crippen molar-refractivity contribution in [1.29, 1.82) is 0 Å². The Morgan fingerprint density at radius 3 is 2.35 bits per heavy atom. The van der Waals surface area contributed by atoms with Crippen molar-refractivity contribution < 1.29 is 9.59 Å². The van der Waals surface area contributed by atoms with Gasteiger partial charge in [-0.1, -0.05) is 13.8 Å². The summed E-state index contributed by atoms with van der Waals surface area (Å²) >= 11 is 0. The van der Waals surface area contributed by atoms with E-state index in [1.807, 2.05) is 4.90 Å². The fourth-order valence-corrected chi connectivity index (χ4v) is 1.86. The van der Waals surface area contributed by atoms with E-state index >= 15 is 0 Å². The number of rotatable bonds is 6. The second kappa shape index (κ2) is 5.89. The number of carbonyl (C=O) groups excluding carboxylic acids is 2. The summed E-state index contributed by atoms with van der Waals surface area (Å²) in [5, 5.41) is 2.45. The zero-order chi connectivity index (χ0) is 13.0. The van der Waals surface area contributed by atoms with E-state index in [2.05, 4.69) is 26.1 Å². The van der Waals surface area contributed by atoms with Gasteiger partial charge in [0, 0.05) is 25.0 Å². The highest BCUT2D eigenvalue weighted by Crippen LogP contribution is 2.31. The molecule has 98 valence electrons. The van der Waals surface area contributed by atoms with Crippen LogP contribution in [0.1, 0.15) is 40.0 Å². The summed E-state index contributed by atoms with van der Waals surface area (Å²) in [5.41, 5.74) is 4.96. The maximum Gasteiger partial charge on any atom is 0.312 e. The van der Waals surface area contributed by atoms with Gasteiger partial charge in [-0.05, 0) is 25.7 Å². The van der Waals surface area contributed by atoms with Gasteiger partial charge in [0.25, 0.3) is 0 Å². The average Bonchev–Trinajstić information content (AvgIpc) is 3.01. The lowest BCUT2D eigenvalue weighted by atomic mass is 10.0. The minimum Gasteiger partial charge on any atom is -0.352 e. The summed E-state index contributed by atoms with van der Waals surface area (Å²) in [6.07, 6.45) is 2.54. The molecule has 0 spiro atoms. The molecule has 1 atom stereocenters. The predicted molar refractivity (Wildman–Crippen MR) is 66.4 cm³/mol. The van der Waals surface area contributed by atoms with Gasteiger partial charge in [-0.3, -0.25) is 4.79 Å². The molecule has 0 unspecified atom stereocenters. The van der Waals surface area contributed by atoms with Crippen molar-refractivity contribution in [3.8, 4) is 0 Å². The van der Waals surface area contributed by atoms with Gasteiger partial charge < -0.3 is 16.0 Å². The maximum atomic E-state index is 12.1. The lowest BCUT2D eigenvalue weighted by Crippen LogP contribution is -2.44. The van der Waals surface area contributed by atoms with Crippen molar-refractivity contribution in [2.24, 2.45) is 11.7 Å². The molecule has 0 heterocycles. The van der Waals surface area contributed by atoms with Crippen LogP contribution < -0.4 is 11.1 Å². The summed E-state index contributed by atoms with van der Waals surface area (Å²) in [7, 11) is 0. The number of hydrogen-bond acceptors (Lipinski definition) is 2. The maximum absolute atomic E-state index is 12.1. The minimum atomic E-state index is -0.576. The summed E-state index contributed by atoms with van der Waals surface area (Å²) in [6.45, 7) is 6.65. The third-order valence-electron chi connectivity index (χ3n) is 3.27. The zero-order valence-corrected chi connectivity index (χ0v) is 10.9. The Kier molecular flexibility index (Phi) is 4.78. The molecule has 0 aromatic rings. The summed E-state index contributed by atoms with van der Waals surface area (Å²) in [4.78, 5) is 24.6. The third-order valence-corrected chi connectivity index (χ3v) is 3.27. The van der Waals surface area contributed by atoms with Crippen LogP contribution in [0.2, 0.25) is 0 Å². The lowest BCUT2D eigenvalue weighted by molar-refractivity contribution is -0.134. The van der Waals surface area contributed by atoms with Gasteiger partial charge in [-0.15, -0.1) is 0 Å². The zero-order valence-electron chi connectivity index (χ0n) is 10.9. The average molecular weight is 241 g/mol. The standard InChI is InChI=1S/C12H23N3O2/c1-8(2)9(3)15(10-4-5-10)11(16)6-7-14-12(13)17/h8-10H,4-7H2,1-3H3,(H3,13,14,17)/t9-/m1/s1. The number of amides is 3. The SMILES string of the molecule is CC(C)[C@@H](C)N(C(=O)CCNC(N)=O)C1CC1. The van der Waals surface area contributed by atoms with Crippen LogP contribution in [0.3, 0.4) is 0 Å². The number of urea groups is 1. The Morgan fingerprint density at radius 1 is 1.35 bits per heavy atom. The number of hydrogen-bond donors (Lipinski definition) is 2. The van der Waals surface area contributed by atoms with E-state index in [0.717, 1.165) is 12.8 Å². The molecular formula is C12H23N3O2. The Hall–Kier alpha value is -1.26. The van der Waals surface area contributed by atoms with E-state index < -0.39 is 6.03 Å². The minimum absolute atomic E-state index is 0.113. The first-order valence-corrected chi connectivity index (χ1v) is 6.28. The van der Waals surface area contributed by atoms with Crippen LogP contribution in [0, 0.1) is 5.92 Å². The highest BCUT2D eigenvalue weighted by atomic mass is 16.2. The van der Waals surface area contributed by atoms with Gasteiger partial charge in [-0.2, -0.15) is 0 Å². The van der Waals surface area contributed by atoms with E-state index in [0.29, 0.717) is 24.9 Å². The van der Waals surface area contributed by atoms with Gasteiger partial charge in [0.2, 0.25) is 5.91 Å². The van der Waals surface area contributed by atoms with Gasteiger partial charge in [0.1, 0.15) is 0 Å². The molecule has 0 saturated heterocycles. The van der Waals surface area contributed by atoms with Gasteiger partial charge in [0.05, 0.1) is 0 Å². The topological polar surface area (TPSA) is 75.4 Å². The van der Waals surface area contributed by atoms with Crippen molar-refractivity contribution in [1.82, 2.24) is 10.2 Å². The largest absolute Gasteiger partial charge is 0.352 e. The molecule has 17 heavy (non-hydrogen) atoms. The Morgan fingerprint density at radius 2 is 1.94 bits per heavy atom. The molecule has 1 aliphatic carbocycles. The van der Waals surface area contributed by atoms with Crippen LogP contribution in [0.15, 0.2) is 0 Å². The molecule has 0 aromatic heterocycles. The highest BCUT2D eigenvalue weighted by molar-refractivity contribution is 5.78. The van der Waals surface area contributed by atoms with Gasteiger partial charge in [-0.25, -0.2) is 4.79 Å². The highest BCUT2D eigenvalue weighted by Gasteiger charge is 2.36. The van der Waals surface area contributed by atoms with Gasteiger partial charge in [0.15, 0.2) is 0 Å². The smallest absolute Gasteiger partial charge is 0.312 e. The molecule has 5 heteroatoms. The summed E-state index contributed by atoms with van der Waals surface area (Å²) in [6, 6.07) is 0.0877. The number of nitrogens with zero attached hydrogens (tertiary/aromatic N) is 1. The van der Waals surface area contributed by atoms with Crippen molar-refractivity contribution in [3.63, 3.8) is 0 Å². The molecule has 1 aliphatic rings. The van der Waals surface area contributed by atoms with Crippen molar-refractivity contribution in [2.45, 2.75) is 52.1 Å². The van der Waals surface area contributed by atoms with E-state index in [9.17, 15) is 9.59 Å². The molecule has 0 aliphatic heterocycles. The summed E-state index contributed by atoms with van der Waals surface area (Å²) in [5.74, 6) is 0.561.